The topological polar surface area (TPSA) is 58.5 Å². The number of benzene rings is 2. The van der Waals surface area contributed by atoms with E-state index in [4.69, 9.17) is 9.72 Å². The van der Waals surface area contributed by atoms with E-state index in [2.05, 4.69) is 9.88 Å². The number of ether oxygens (including phenoxy) is 1. The zero-order valence-corrected chi connectivity index (χ0v) is 14.5. The van der Waals surface area contributed by atoms with Gasteiger partial charge >= 0.3 is 0 Å². The molecule has 2 heterocycles. The molecule has 1 saturated heterocycles. The van der Waals surface area contributed by atoms with Crippen molar-refractivity contribution in [3.63, 3.8) is 0 Å². The molecule has 1 aliphatic heterocycles. The lowest BCUT2D eigenvalue weighted by Gasteiger charge is -2.27. The highest BCUT2D eigenvalue weighted by Gasteiger charge is 2.14. The Morgan fingerprint density at radius 3 is 2.54 bits per heavy atom. The zero-order valence-electron chi connectivity index (χ0n) is 14.5. The van der Waals surface area contributed by atoms with Crippen LogP contribution >= 0.6 is 0 Å². The molecule has 1 unspecified atom stereocenters. The van der Waals surface area contributed by atoms with Gasteiger partial charge in [0, 0.05) is 18.7 Å². The molecule has 1 fully saturated rings. The molecule has 0 spiro atoms. The molecule has 1 aliphatic rings. The van der Waals surface area contributed by atoms with Crippen LogP contribution in [0.25, 0.3) is 22.2 Å². The average Bonchev–Trinajstić information content (AvgIpc) is 2.67. The number of aromatic nitrogens is 2. The Morgan fingerprint density at radius 2 is 1.81 bits per heavy atom. The maximum absolute atomic E-state index is 14.2. The molecular formula is C20H20FN3O2. The van der Waals surface area contributed by atoms with Crippen LogP contribution in [0.2, 0.25) is 0 Å². The molecule has 1 N–H and O–H groups in total. The maximum atomic E-state index is 14.2. The number of rotatable bonds is 3. The van der Waals surface area contributed by atoms with Crippen molar-refractivity contribution >= 4 is 16.9 Å². The van der Waals surface area contributed by atoms with Crippen LogP contribution in [-0.4, -0.2) is 41.4 Å². The summed E-state index contributed by atoms with van der Waals surface area (Å²) < 4.78 is 19.6. The van der Waals surface area contributed by atoms with Crippen LogP contribution in [0.1, 0.15) is 18.6 Å². The van der Waals surface area contributed by atoms with Gasteiger partial charge in [0.2, 0.25) is 0 Å². The predicted molar refractivity (Wildman–Crippen MR) is 98.6 cm³/mol. The Morgan fingerprint density at radius 1 is 1.08 bits per heavy atom. The lowest BCUT2D eigenvalue weighted by Crippen LogP contribution is -2.36. The first-order valence-corrected chi connectivity index (χ1v) is 8.69. The Balaban J connectivity index is 1.71. The third-order valence-electron chi connectivity index (χ3n) is 4.65. The monoisotopic (exact) mass is 353 g/mol. The van der Waals surface area contributed by atoms with Crippen molar-refractivity contribution in [1.82, 2.24) is 9.97 Å². The van der Waals surface area contributed by atoms with Gasteiger partial charge in [-0.05, 0) is 36.2 Å². The van der Waals surface area contributed by atoms with E-state index >= 15 is 0 Å². The first-order valence-electron chi connectivity index (χ1n) is 8.69. The Labute approximate surface area is 151 Å². The van der Waals surface area contributed by atoms with Crippen molar-refractivity contribution in [3.8, 4) is 11.1 Å². The third-order valence-corrected chi connectivity index (χ3v) is 4.65. The van der Waals surface area contributed by atoms with Gasteiger partial charge in [0.25, 0.3) is 0 Å². The van der Waals surface area contributed by atoms with Crippen LogP contribution in [0.5, 0.6) is 0 Å². The molecule has 3 aromatic rings. The third kappa shape index (κ3) is 3.25. The summed E-state index contributed by atoms with van der Waals surface area (Å²) in [6, 6.07) is 10.6. The van der Waals surface area contributed by atoms with Crippen LogP contribution in [-0.2, 0) is 4.74 Å². The summed E-state index contributed by atoms with van der Waals surface area (Å²) in [5.41, 5.74) is 3.47. The van der Waals surface area contributed by atoms with Gasteiger partial charge < -0.3 is 14.7 Å². The van der Waals surface area contributed by atoms with E-state index in [1.54, 1.807) is 19.2 Å². The van der Waals surface area contributed by atoms with Gasteiger partial charge in [-0.2, -0.15) is 0 Å². The maximum Gasteiger partial charge on any atom is 0.148 e. The fourth-order valence-electron chi connectivity index (χ4n) is 3.17. The minimum atomic E-state index is -0.831. The van der Waals surface area contributed by atoms with Gasteiger partial charge in [-0.15, -0.1) is 0 Å². The number of aliphatic hydroxyl groups is 1. The van der Waals surface area contributed by atoms with Gasteiger partial charge in [-0.1, -0.05) is 18.2 Å². The lowest BCUT2D eigenvalue weighted by atomic mass is 10.0. The largest absolute Gasteiger partial charge is 0.389 e. The first-order chi connectivity index (χ1) is 12.6. The summed E-state index contributed by atoms with van der Waals surface area (Å²) in [6.45, 7) is 4.53. The number of anilines is 1. The molecule has 1 atom stereocenters. The molecule has 1 aromatic heterocycles. The number of hydrogen-bond acceptors (Lipinski definition) is 5. The smallest absolute Gasteiger partial charge is 0.148 e. The van der Waals surface area contributed by atoms with E-state index in [1.807, 2.05) is 24.3 Å². The van der Waals surface area contributed by atoms with E-state index in [0.717, 1.165) is 41.1 Å². The molecular weight excluding hydrogens is 333 g/mol. The highest BCUT2D eigenvalue weighted by molar-refractivity contribution is 5.82. The zero-order chi connectivity index (χ0) is 18.1. The molecule has 2 aromatic carbocycles. The average molecular weight is 353 g/mol. The molecule has 0 aliphatic carbocycles. The highest BCUT2D eigenvalue weighted by atomic mass is 19.1. The second kappa shape index (κ2) is 6.97. The fraction of sp³-hybridized carbons (Fsp3) is 0.300. The number of fused-ring (bicyclic) bond motifs is 1. The summed E-state index contributed by atoms with van der Waals surface area (Å²) in [5, 5.41) is 9.59. The van der Waals surface area contributed by atoms with E-state index in [0.29, 0.717) is 18.8 Å². The van der Waals surface area contributed by atoms with E-state index in [1.165, 1.54) is 6.07 Å². The summed E-state index contributed by atoms with van der Waals surface area (Å²) in [7, 11) is 0. The number of aliphatic hydroxyl groups excluding tert-OH is 1. The van der Waals surface area contributed by atoms with Crippen molar-refractivity contribution < 1.29 is 14.2 Å². The molecule has 0 amide bonds. The van der Waals surface area contributed by atoms with Crippen molar-refractivity contribution in [2.24, 2.45) is 0 Å². The minimum absolute atomic E-state index is 0.295. The molecule has 6 heteroatoms. The van der Waals surface area contributed by atoms with E-state index in [9.17, 15) is 9.50 Å². The second-order valence-corrected chi connectivity index (χ2v) is 6.44. The molecule has 26 heavy (non-hydrogen) atoms. The van der Waals surface area contributed by atoms with Crippen molar-refractivity contribution in [3.05, 3.63) is 54.0 Å². The van der Waals surface area contributed by atoms with Gasteiger partial charge in [-0.3, -0.25) is 4.98 Å². The van der Waals surface area contributed by atoms with Crippen LogP contribution in [0, 0.1) is 5.82 Å². The summed E-state index contributed by atoms with van der Waals surface area (Å²) in [6.07, 6.45) is 0.951. The summed E-state index contributed by atoms with van der Waals surface area (Å²) >= 11 is 0. The fourth-order valence-corrected chi connectivity index (χ4v) is 3.17. The van der Waals surface area contributed by atoms with E-state index in [-0.39, 0.29) is 0 Å². The SMILES string of the molecule is CC(O)c1ccc(-c2ccc3ncc(N4CCOCC4)nc3c2)cc1F. The van der Waals surface area contributed by atoms with Crippen molar-refractivity contribution in [2.45, 2.75) is 13.0 Å². The van der Waals surface area contributed by atoms with Crippen LogP contribution in [0.15, 0.2) is 42.6 Å². The Hall–Kier alpha value is -2.57. The van der Waals surface area contributed by atoms with Crippen molar-refractivity contribution in [1.29, 1.82) is 0 Å². The molecule has 5 nitrogen and oxygen atoms in total. The summed E-state index contributed by atoms with van der Waals surface area (Å²) in [5.74, 6) is 0.416. The highest BCUT2D eigenvalue weighted by Crippen LogP contribution is 2.27. The Kier molecular flexibility index (Phi) is 4.53. The number of morpholine rings is 1. The van der Waals surface area contributed by atoms with Crippen molar-refractivity contribution in [2.75, 3.05) is 31.2 Å². The Bertz CT molecular complexity index is 939. The van der Waals surface area contributed by atoms with Crippen LogP contribution in [0.3, 0.4) is 0 Å². The minimum Gasteiger partial charge on any atom is -0.389 e. The second-order valence-electron chi connectivity index (χ2n) is 6.44. The quantitative estimate of drug-likeness (QED) is 0.783. The number of halogens is 1. The summed E-state index contributed by atoms with van der Waals surface area (Å²) in [4.78, 5) is 11.4. The number of nitrogens with zero attached hydrogens (tertiary/aromatic N) is 3. The predicted octanol–water partition coefficient (Wildman–Crippen LogP) is 3.33. The van der Waals surface area contributed by atoms with E-state index < -0.39 is 11.9 Å². The van der Waals surface area contributed by atoms with Gasteiger partial charge in [0.05, 0.1) is 36.5 Å². The van der Waals surface area contributed by atoms with Gasteiger partial charge in [0.1, 0.15) is 11.6 Å². The molecule has 0 bridgehead atoms. The lowest BCUT2D eigenvalue weighted by molar-refractivity contribution is 0.122. The molecule has 134 valence electrons. The molecule has 4 rings (SSSR count). The standard InChI is InChI=1S/C20H20FN3O2/c1-13(25)16-4-2-14(10-17(16)21)15-3-5-18-19(11-15)23-20(12-22-18)24-6-8-26-9-7-24/h2-5,10-13,25H,6-9H2,1H3. The van der Waals surface area contributed by atoms with Crippen LogP contribution < -0.4 is 4.90 Å². The number of hydrogen-bond donors (Lipinski definition) is 1. The van der Waals surface area contributed by atoms with Crippen LogP contribution in [0.4, 0.5) is 10.2 Å². The molecule has 0 saturated carbocycles. The normalized spacial score (nSPS) is 16.0. The van der Waals surface area contributed by atoms with Gasteiger partial charge in [-0.25, -0.2) is 9.37 Å². The molecule has 0 radical (unpaired) electrons. The first kappa shape index (κ1) is 16.9. The van der Waals surface area contributed by atoms with Gasteiger partial charge in [0.15, 0.2) is 0 Å².